The van der Waals surface area contributed by atoms with Crippen LogP contribution in [-0.4, -0.2) is 42.4 Å². The molecule has 0 aliphatic heterocycles. The second-order valence-corrected chi connectivity index (χ2v) is 9.50. The number of benzene rings is 4. The number of esters is 2. The summed E-state index contributed by atoms with van der Waals surface area (Å²) in [5.41, 5.74) is 1.85. The van der Waals surface area contributed by atoms with Crippen molar-refractivity contribution in [2.24, 2.45) is 5.10 Å². The molecule has 0 radical (unpaired) electrons. The molecule has 0 aliphatic rings. The van der Waals surface area contributed by atoms with E-state index in [0.29, 0.717) is 22.0 Å². The van der Waals surface area contributed by atoms with Crippen molar-refractivity contribution in [2.75, 3.05) is 19.2 Å². The number of hydrazone groups is 1. The largest absolute Gasteiger partial charge is 0.508 e. The minimum absolute atomic E-state index is 0.0373. The number of fused-ring (bicyclic) bond motifs is 1. The summed E-state index contributed by atoms with van der Waals surface area (Å²) >= 11 is 1.48. The van der Waals surface area contributed by atoms with Gasteiger partial charge in [0, 0.05) is 12.6 Å². The van der Waals surface area contributed by atoms with E-state index in [1.807, 2.05) is 24.3 Å². The number of para-hydroxylation sites is 1. The number of hydrogen-bond donors (Lipinski definition) is 1. The molecule has 10 heteroatoms. The summed E-state index contributed by atoms with van der Waals surface area (Å²) in [5, 5.41) is 16.2. The highest BCUT2D eigenvalue weighted by Crippen LogP contribution is 2.29. The minimum Gasteiger partial charge on any atom is -0.508 e. The fourth-order valence-electron chi connectivity index (χ4n) is 3.63. The number of methoxy groups -OCH3 is 1. The lowest BCUT2D eigenvalue weighted by Gasteiger charge is -2.12. The number of anilines is 1. The molecule has 9 nitrogen and oxygen atoms in total. The zero-order chi connectivity index (χ0) is 28.1. The third-order valence-corrected chi connectivity index (χ3v) is 6.86. The number of carbonyl (C=O) groups excluding carboxylic acids is 2. The number of nitrogens with zero attached hydrogens (tertiary/aromatic N) is 3. The highest BCUT2D eigenvalue weighted by molar-refractivity contribution is 7.22. The number of rotatable bonds is 8. The summed E-state index contributed by atoms with van der Waals surface area (Å²) in [6, 6.07) is 24.6. The average Bonchev–Trinajstić information content (AvgIpc) is 3.42. The van der Waals surface area contributed by atoms with Crippen LogP contribution >= 0.6 is 11.3 Å². The van der Waals surface area contributed by atoms with Crippen molar-refractivity contribution in [1.82, 2.24) is 4.98 Å². The molecule has 1 aromatic heterocycles. The summed E-state index contributed by atoms with van der Waals surface area (Å²) in [7, 11) is 3.30. The molecule has 0 spiro atoms. The monoisotopic (exact) mass is 553 g/mol. The van der Waals surface area contributed by atoms with Crippen LogP contribution in [0.2, 0.25) is 0 Å². The van der Waals surface area contributed by atoms with Gasteiger partial charge in [0.2, 0.25) is 5.13 Å². The average molecular weight is 554 g/mol. The van der Waals surface area contributed by atoms with Crippen molar-refractivity contribution < 1.29 is 28.9 Å². The summed E-state index contributed by atoms with van der Waals surface area (Å²) in [6.45, 7) is 0. The number of hydrogen-bond acceptors (Lipinski definition) is 10. The first-order valence-electron chi connectivity index (χ1n) is 12.0. The lowest BCUT2D eigenvalue weighted by molar-refractivity contribution is 0.0719. The van der Waals surface area contributed by atoms with Gasteiger partial charge < -0.3 is 19.3 Å². The number of thiazole rings is 1. The predicted molar refractivity (Wildman–Crippen MR) is 153 cm³/mol. The molecule has 5 rings (SSSR count). The lowest BCUT2D eigenvalue weighted by Crippen LogP contribution is -2.12. The molecule has 40 heavy (non-hydrogen) atoms. The highest BCUT2D eigenvalue weighted by Gasteiger charge is 2.15. The maximum absolute atomic E-state index is 12.9. The molecule has 0 bridgehead atoms. The lowest BCUT2D eigenvalue weighted by atomic mass is 10.2. The molecule has 0 aliphatic carbocycles. The number of aromatic nitrogens is 1. The number of phenolic OH excluding ortho intramolecular Hbond substituents is 1. The normalized spacial score (nSPS) is 10.9. The van der Waals surface area contributed by atoms with Crippen LogP contribution in [0.3, 0.4) is 0 Å². The molecule has 5 aromatic rings. The smallest absolute Gasteiger partial charge is 0.343 e. The molecule has 4 aromatic carbocycles. The van der Waals surface area contributed by atoms with Crippen LogP contribution in [-0.2, 0) is 0 Å². The summed E-state index contributed by atoms with van der Waals surface area (Å²) in [5.74, 6) is -0.112. The maximum Gasteiger partial charge on any atom is 0.343 e. The molecule has 0 atom stereocenters. The fraction of sp³-hybridized carbons (Fsp3) is 0.0667. The first-order chi connectivity index (χ1) is 19.4. The third-order valence-electron chi connectivity index (χ3n) is 5.75. The van der Waals surface area contributed by atoms with Crippen LogP contribution in [0.4, 0.5) is 5.13 Å². The van der Waals surface area contributed by atoms with E-state index in [1.165, 1.54) is 53.9 Å². The number of ether oxygens (including phenoxy) is 3. The van der Waals surface area contributed by atoms with Gasteiger partial charge in [0.05, 0.1) is 34.7 Å². The Morgan fingerprint density at radius 2 is 1.52 bits per heavy atom. The Morgan fingerprint density at radius 3 is 2.23 bits per heavy atom. The molecule has 0 fully saturated rings. The first kappa shape index (κ1) is 26.4. The van der Waals surface area contributed by atoms with E-state index >= 15 is 0 Å². The van der Waals surface area contributed by atoms with E-state index in [4.69, 9.17) is 14.2 Å². The second kappa shape index (κ2) is 11.7. The van der Waals surface area contributed by atoms with Crippen molar-refractivity contribution >= 4 is 44.8 Å². The molecular weight excluding hydrogens is 530 g/mol. The molecule has 0 saturated heterocycles. The summed E-state index contributed by atoms with van der Waals surface area (Å²) in [6.07, 6.45) is 1.50. The van der Waals surface area contributed by atoms with Crippen LogP contribution in [0.25, 0.3) is 10.2 Å². The third kappa shape index (κ3) is 6.08. The van der Waals surface area contributed by atoms with Gasteiger partial charge in [-0.1, -0.05) is 23.5 Å². The second-order valence-electron chi connectivity index (χ2n) is 8.49. The highest BCUT2D eigenvalue weighted by atomic mass is 32.1. The molecule has 0 saturated carbocycles. The van der Waals surface area contributed by atoms with E-state index in [2.05, 4.69) is 10.1 Å². The van der Waals surface area contributed by atoms with Crippen LogP contribution in [0.15, 0.2) is 96.1 Å². The minimum atomic E-state index is -0.613. The van der Waals surface area contributed by atoms with Crippen molar-refractivity contribution in [3.63, 3.8) is 0 Å². The Hall–Kier alpha value is -5.22. The Labute approximate surface area is 233 Å². The van der Waals surface area contributed by atoms with Gasteiger partial charge in [0.15, 0.2) is 0 Å². The van der Waals surface area contributed by atoms with Gasteiger partial charge in [0.1, 0.15) is 23.0 Å². The van der Waals surface area contributed by atoms with E-state index < -0.39 is 11.9 Å². The quantitative estimate of drug-likeness (QED) is 0.109. The molecule has 1 N–H and O–H groups in total. The maximum atomic E-state index is 12.9. The van der Waals surface area contributed by atoms with Gasteiger partial charge in [-0.15, -0.1) is 0 Å². The summed E-state index contributed by atoms with van der Waals surface area (Å²) in [4.78, 5) is 30.1. The molecule has 0 amide bonds. The Bertz CT molecular complexity index is 1660. The number of aromatic hydroxyl groups is 1. The standard InChI is InChI=1S/C30H23N3O6S/c1-33(30-32-25-5-3-4-6-27(25)40-30)31-18-21-17-24(38-28(35)19-7-11-22(34)12-8-19)15-16-26(21)39-29(36)20-9-13-23(37-2)14-10-20/h3-18,34H,1-2H3/b31-18+. The Balaban J connectivity index is 1.42. The van der Waals surface area contributed by atoms with Crippen LogP contribution in [0.5, 0.6) is 23.0 Å². The van der Waals surface area contributed by atoms with Crippen molar-refractivity contribution in [2.45, 2.75) is 0 Å². The van der Waals surface area contributed by atoms with E-state index in [1.54, 1.807) is 49.5 Å². The van der Waals surface area contributed by atoms with Crippen LogP contribution < -0.4 is 19.2 Å². The summed E-state index contributed by atoms with van der Waals surface area (Å²) < 4.78 is 17.4. The van der Waals surface area contributed by atoms with Gasteiger partial charge in [-0.05, 0) is 78.9 Å². The fourth-order valence-corrected chi connectivity index (χ4v) is 4.51. The van der Waals surface area contributed by atoms with Gasteiger partial charge in [0.25, 0.3) is 0 Å². The molecule has 1 heterocycles. The van der Waals surface area contributed by atoms with Crippen molar-refractivity contribution in [3.8, 4) is 23.0 Å². The first-order valence-corrected chi connectivity index (χ1v) is 12.9. The molecule has 200 valence electrons. The molecular formula is C30H23N3O6S. The van der Waals surface area contributed by atoms with Crippen LogP contribution in [0.1, 0.15) is 26.3 Å². The zero-order valence-corrected chi connectivity index (χ0v) is 22.3. The van der Waals surface area contributed by atoms with Crippen molar-refractivity contribution in [1.29, 1.82) is 0 Å². The van der Waals surface area contributed by atoms with Gasteiger partial charge >= 0.3 is 11.9 Å². The van der Waals surface area contributed by atoms with Gasteiger partial charge in [-0.2, -0.15) is 5.10 Å². The number of carbonyl (C=O) groups is 2. The Kier molecular flexibility index (Phi) is 7.70. The van der Waals surface area contributed by atoms with Crippen LogP contribution in [0, 0.1) is 0 Å². The SMILES string of the molecule is COc1ccc(C(=O)Oc2ccc(OC(=O)c3ccc(O)cc3)cc2/C=N/N(C)c2nc3ccccc3s2)cc1. The Morgan fingerprint density at radius 1 is 0.875 bits per heavy atom. The zero-order valence-electron chi connectivity index (χ0n) is 21.5. The number of phenols is 1. The van der Waals surface area contributed by atoms with Gasteiger partial charge in [-0.3, -0.25) is 0 Å². The molecule has 0 unspecified atom stereocenters. The predicted octanol–water partition coefficient (Wildman–Crippen LogP) is 5.92. The van der Waals surface area contributed by atoms with E-state index in [9.17, 15) is 14.7 Å². The van der Waals surface area contributed by atoms with Gasteiger partial charge in [-0.25, -0.2) is 19.6 Å². The van der Waals surface area contributed by atoms with E-state index in [-0.39, 0.29) is 22.8 Å². The topological polar surface area (TPSA) is 111 Å². The van der Waals surface area contributed by atoms with Crippen molar-refractivity contribution in [3.05, 3.63) is 108 Å². The van der Waals surface area contributed by atoms with E-state index in [0.717, 1.165) is 10.2 Å².